The number of anilines is 1. The van der Waals surface area contributed by atoms with E-state index >= 15 is 0 Å². The van der Waals surface area contributed by atoms with Crippen molar-refractivity contribution < 1.29 is 23.8 Å². The van der Waals surface area contributed by atoms with Gasteiger partial charge in [-0.2, -0.15) is 0 Å². The number of aromatic hydroxyl groups is 1. The van der Waals surface area contributed by atoms with Gasteiger partial charge in [0.1, 0.15) is 23.9 Å². The molecule has 0 aliphatic carbocycles. The number of methoxy groups -OCH3 is 1. The summed E-state index contributed by atoms with van der Waals surface area (Å²) in [6.07, 6.45) is 2.99. The van der Waals surface area contributed by atoms with E-state index in [1.165, 1.54) is 19.3 Å². The van der Waals surface area contributed by atoms with Gasteiger partial charge in [0, 0.05) is 17.8 Å². The number of furan rings is 1. The smallest absolute Gasteiger partial charge is 0.248 e. The normalized spacial score (nSPS) is 10.8. The van der Waals surface area contributed by atoms with Crippen molar-refractivity contribution in [3.63, 3.8) is 0 Å². The molecule has 0 bridgehead atoms. The summed E-state index contributed by atoms with van der Waals surface area (Å²) in [5, 5.41) is 12.6. The summed E-state index contributed by atoms with van der Waals surface area (Å²) in [5.41, 5.74) is 1.29. The molecule has 6 heteroatoms. The number of hydrogen-bond donors (Lipinski definition) is 2. The molecule has 144 valence electrons. The minimum atomic E-state index is -0.297. The third-order valence-electron chi connectivity index (χ3n) is 3.91. The van der Waals surface area contributed by atoms with E-state index in [1.807, 2.05) is 19.1 Å². The Morgan fingerprint density at radius 1 is 1.18 bits per heavy atom. The molecule has 0 atom stereocenters. The third kappa shape index (κ3) is 5.17. The minimum absolute atomic E-state index is 0.0154. The number of ether oxygens (including phenoxy) is 2. The number of aryl methyl sites for hydroxylation is 1. The van der Waals surface area contributed by atoms with Crippen LogP contribution in [0.4, 0.5) is 5.69 Å². The number of benzene rings is 2. The van der Waals surface area contributed by atoms with Crippen LogP contribution in [0.15, 0.2) is 65.1 Å². The zero-order valence-electron chi connectivity index (χ0n) is 15.6. The summed E-state index contributed by atoms with van der Waals surface area (Å²) >= 11 is 0. The van der Waals surface area contributed by atoms with Crippen molar-refractivity contribution in [3.8, 4) is 17.2 Å². The first-order valence-corrected chi connectivity index (χ1v) is 8.68. The van der Waals surface area contributed by atoms with Crippen LogP contribution in [0.25, 0.3) is 6.08 Å². The van der Waals surface area contributed by atoms with E-state index in [1.54, 1.807) is 42.5 Å². The van der Waals surface area contributed by atoms with E-state index in [2.05, 4.69) is 5.32 Å². The number of rotatable bonds is 7. The van der Waals surface area contributed by atoms with Gasteiger partial charge in [0.2, 0.25) is 5.91 Å². The first-order chi connectivity index (χ1) is 13.5. The molecule has 0 fully saturated rings. The van der Waals surface area contributed by atoms with Crippen LogP contribution in [0.5, 0.6) is 17.2 Å². The Bertz CT molecular complexity index is 990. The van der Waals surface area contributed by atoms with Crippen molar-refractivity contribution in [1.29, 1.82) is 0 Å². The SMILES string of the molecule is COc1ccc(C=CC(=O)Nc2cccc(OCc3ccc(C)o3)c2)cc1O. The fourth-order valence-corrected chi connectivity index (χ4v) is 2.55. The van der Waals surface area contributed by atoms with Gasteiger partial charge in [0.05, 0.1) is 7.11 Å². The molecule has 0 aliphatic heterocycles. The summed E-state index contributed by atoms with van der Waals surface area (Å²) < 4.78 is 16.2. The number of amides is 1. The van der Waals surface area contributed by atoms with Crippen LogP contribution in [0, 0.1) is 6.92 Å². The van der Waals surface area contributed by atoms with E-state index in [0.717, 1.165) is 11.5 Å². The summed E-state index contributed by atoms with van der Waals surface area (Å²) in [5.74, 6) is 2.28. The number of carbonyl (C=O) groups excluding carboxylic acids is 1. The minimum Gasteiger partial charge on any atom is -0.504 e. The Morgan fingerprint density at radius 3 is 2.75 bits per heavy atom. The van der Waals surface area contributed by atoms with Crippen LogP contribution in [0.2, 0.25) is 0 Å². The lowest BCUT2D eigenvalue weighted by atomic mass is 10.2. The molecular formula is C22H21NO5. The van der Waals surface area contributed by atoms with Crippen LogP contribution < -0.4 is 14.8 Å². The van der Waals surface area contributed by atoms with Crippen molar-refractivity contribution in [2.75, 3.05) is 12.4 Å². The maximum Gasteiger partial charge on any atom is 0.248 e. The molecule has 0 radical (unpaired) electrons. The quantitative estimate of drug-likeness (QED) is 0.590. The molecule has 0 saturated carbocycles. The molecule has 0 spiro atoms. The molecule has 0 saturated heterocycles. The van der Waals surface area contributed by atoms with Gasteiger partial charge < -0.3 is 24.3 Å². The molecule has 0 aliphatic rings. The lowest BCUT2D eigenvalue weighted by Gasteiger charge is -2.07. The van der Waals surface area contributed by atoms with Gasteiger partial charge in [0.15, 0.2) is 11.5 Å². The molecule has 2 aromatic carbocycles. The highest BCUT2D eigenvalue weighted by atomic mass is 16.5. The van der Waals surface area contributed by atoms with Gasteiger partial charge in [-0.1, -0.05) is 12.1 Å². The van der Waals surface area contributed by atoms with E-state index < -0.39 is 0 Å². The molecule has 1 heterocycles. The van der Waals surface area contributed by atoms with Gasteiger partial charge in [-0.3, -0.25) is 4.79 Å². The Morgan fingerprint density at radius 2 is 2.04 bits per heavy atom. The molecule has 2 N–H and O–H groups in total. The Kier molecular flexibility index (Phi) is 6.01. The maximum atomic E-state index is 12.1. The summed E-state index contributed by atoms with van der Waals surface area (Å²) in [6, 6.07) is 15.8. The molecule has 6 nitrogen and oxygen atoms in total. The number of phenols is 1. The molecule has 3 rings (SSSR count). The van der Waals surface area contributed by atoms with Crippen LogP contribution >= 0.6 is 0 Å². The second-order valence-electron chi connectivity index (χ2n) is 6.08. The topological polar surface area (TPSA) is 80.9 Å². The van der Waals surface area contributed by atoms with Crippen LogP contribution in [0.3, 0.4) is 0 Å². The van der Waals surface area contributed by atoms with Gasteiger partial charge in [-0.15, -0.1) is 0 Å². The zero-order valence-corrected chi connectivity index (χ0v) is 15.6. The van der Waals surface area contributed by atoms with Crippen molar-refractivity contribution in [3.05, 3.63) is 77.8 Å². The predicted molar refractivity (Wildman–Crippen MR) is 107 cm³/mol. The van der Waals surface area contributed by atoms with E-state index in [0.29, 0.717) is 29.4 Å². The summed E-state index contributed by atoms with van der Waals surface area (Å²) in [6.45, 7) is 2.19. The standard InChI is InChI=1S/C22H21NO5/c1-15-6-9-19(28-15)14-27-18-5-3-4-17(13-18)23-22(25)11-8-16-7-10-21(26-2)20(24)12-16/h3-13,24H,14H2,1-2H3,(H,23,25). The van der Waals surface area contributed by atoms with Gasteiger partial charge >= 0.3 is 0 Å². The summed E-state index contributed by atoms with van der Waals surface area (Å²) in [4.78, 5) is 12.1. The lowest BCUT2D eigenvalue weighted by molar-refractivity contribution is -0.111. The van der Waals surface area contributed by atoms with E-state index in [4.69, 9.17) is 13.9 Å². The van der Waals surface area contributed by atoms with Crippen LogP contribution in [-0.2, 0) is 11.4 Å². The van der Waals surface area contributed by atoms with Crippen LogP contribution in [-0.4, -0.2) is 18.1 Å². The highest BCUT2D eigenvalue weighted by molar-refractivity contribution is 6.02. The lowest BCUT2D eigenvalue weighted by Crippen LogP contribution is -2.07. The highest BCUT2D eigenvalue weighted by Gasteiger charge is 2.04. The Labute approximate surface area is 163 Å². The predicted octanol–water partition coefficient (Wildman–Crippen LogP) is 4.53. The second kappa shape index (κ2) is 8.81. The first kappa shape index (κ1) is 19.1. The molecular weight excluding hydrogens is 358 g/mol. The van der Waals surface area contributed by atoms with E-state index in [-0.39, 0.29) is 11.7 Å². The van der Waals surface area contributed by atoms with E-state index in [9.17, 15) is 9.90 Å². The molecule has 3 aromatic rings. The fourth-order valence-electron chi connectivity index (χ4n) is 2.55. The summed E-state index contributed by atoms with van der Waals surface area (Å²) in [7, 11) is 1.48. The molecule has 1 aromatic heterocycles. The molecule has 28 heavy (non-hydrogen) atoms. The Balaban J connectivity index is 1.58. The van der Waals surface area contributed by atoms with Gasteiger partial charge in [0.25, 0.3) is 0 Å². The maximum absolute atomic E-state index is 12.1. The van der Waals surface area contributed by atoms with Crippen molar-refractivity contribution in [2.24, 2.45) is 0 Å². The van der Waals surface area contributed by atoms with Crippen LogP contribution in [0.1, 0.15) is 17.1 Å². The number of hydrogen-bond acceptors (Lipinski definition) is 5. The number of phenolic OH excluding ortho intramolecular Hbond substituents is 1. The second-order valence-corrected chi connectivity index (χ2v) is 6.08. The third-order valence-corrected chi connectivity index (χ3v) is 3.91. The van der Waals surface area contributed by atoms with Gasteiger partial charge in [-0.25, -0.2) is 0 Å². The zero-order chi connectivity index (χ0) is 19.9. The fraction of sp³-hybridized carbons (Fsp3) is 0.136. The highest BCUT2D eigenvalue weighted by Crippen LogP contribution is 2.26. The number of nitrogens with one attached hydrogen (secondary N) is 1. The van der Waals surface area contributed by atoms with Crippen molar-refractivity contribution in [1.82, 2.24) is 0 Å². The number of carbonyl (C=O) groups is 1. The largest absolute Gasteiger partial charge is 0.504 e. The van der Waals surface area contributed by atoms with Gasteiger partial charge in [-0.05, 0) is 55.0 Å². The average Bonchev–Trinajstić information content (AvgIpc) is 3.10. The first-order valence-electron chi connectivity index (χ1n) is 8.68. The average molecular weight is 379 g/mol. The molecule has 0 unspecified atom stereocenters. The monoisotopic (exact) mass is 379 g/mol. The van der Waals surface area contributed by atoms with Crippen molar-refractivity contribution >= 4 is 17.7 Å². The molecule has 1 amide bonds. The van der Waals surface area contributed by atoms with Crippen molar-refractivity contribution in [2.45, 2.75) is 13.5 Å². The Hall–Kier alpha value is -3.67.